The number of halogens is 1. The Bertz CT molecular complexity index is 911. The fraction of sp³-hybridized carbons (Fsp3) is 0.190. The quantitative estimate of drug-likeness (QED) is 0.641. The summed E-state index contributed by atoms with van der Waals surface area (Å²) in [5, 5.41) is 0.509. The monoisotopic (exact) mass is 364 g/mol. The van der Waals surface area contributed by atoms with Gasteiger partial charge in [0.2, 0.25) is 0 Å². The van der Waals surface area contributed by atoms with E-state index in [1.807, 2.05) is 42.5 Å². The van der Waals surface area contributed by atoms with Gasteiger partial charge in [0.05, 0.1) is 18.1 Å². The third-order valence-corrected chi connectivity index (χ3v) is 5.05. The molecule has 26 heavy (non-hydrogen) atoms. The van der Waals surface area contributed by atoms with E-state index in [9.17, 15) is 4.79 Å². The summed E-state index contributed by atoms with van der Waals surface area (Å²) in [6, 6.07) is 18.1. The fourth-order valence-electron chi connectivity index (χ4n) is 3.56. The van der Waals surface area contributed by atoms with E-state index in [1.54, 1.807) is 12.4 Å². The van der Waals surface area contributed by atoms with Crippen LogP contribution in [-0.2, 0) is 9.53 Å². The maximum Gasteiger partial charge on any atom is 0.309 e. The maximum atomic E-state index is 12.2. The Labute approximate surface area is 156 Å². The fourth-order valence-corrected chi connectivity index (χ4v) is 3.66. The Morgan fingerprint density at radius 3 is 2.08 bits per heavy atom. The molecule has 0 spiro atoms. The topological polar surface area (TPSA) is 52.1 Å². The number of methoxy groups -OCH3 is 1. The van der Waals surface area contributed by atoms with Gasteiger partial charge in [0, 0.05) is 29.8 Å². The first-order chi connectivity index (χ1) is 12.7. The van der Waals surface area contributed by atoms with E-state index in [-0.39, 0.29) is 23.7 Å². The van der Waals surface area contributed by atoms with Crippen LogP contribution in [0.1, 0.15) is 23.0 Å². The van der Waals surface area contributed by atoms with Gasteiger partial charge in [0.15, 0.2) is 5.82 Å². The largest absolute Gasteiger partial charge is 0.469 e. The summed E-state index contributed by atoms with van der Waals surface area (Å²) in [6.45, 7) is 0. The Morgan fingerprint density at radius 2 is 1.50 bits per heavy atom. The average Bonchev–Trinajstić information content (AvgIpc) is 3.44. The zero-order valence-corrected chi connectivity index (χ0v) is 14.9. The SMILES string of the molecule is COC(=O)[C@@H]1[C@H](c2ccccc2)[C@H]1c1ccc(-c2ncc(Cl)cn2)cc1. The van der Waals surface area contributed by atoms with Crippen molar-refractivity contribution < 1.29 is 9.53 Å². The second kappa shape index (κ2) is 6.89. The van der Waals surface area contributed by atoms with Gasteiger partial charge < -0.3 is 4.74 Å². The molecule has 0 bridgehead atoms. The number of carbonyl (C=O) groups is 1. The summed E-state index contributed by atoms with van der Waals surface area (Å²) in [4.78, 5) is 20.7. The molecule has 130 valence electrons. The minimum Gasteiger partial charge on any atom is -0.469 e. The lowest BCUT2D eigenvalue weighted by Gasteiger charge is -2.04. The van der Waals surface area contributed by atoms with Crippen LogP contribution >= 0.6 is 11.6 Å². The molecule has 3 atom stereocenters. The second-order valence-corrected chi connectivity index (χ2v) is 6.79. The van der Waals surface area contributed by atoms with E-state index in [4.69, 9.17) is 16.3 Å². The number of nitrogens with zero attached hydrogens (tertiary/aromatic N) is 2. The third kappa shape index (κ3) is 3.08. The van der Waals surface area contributed by atoms with Crippen LogP contribution in [0.2, 0.25) is 5.02 Å². The lowest BCUT2D eigenvalue weighted by molar-refractivity contribution is -0.142. The lowest BCUT2D eigenvalue weighted by Crippen LogP contribution is -2.05. The van der Waals surface area contributed by atoms with Crippen molar-refractivity contribution >= 4 is 17.6 Å². The molecule has 0 amide bonds. The number of benzene rings is 2. The Balaban J connectivity index is 1.61. The van der Waals surface area contributed by atoms with Crippen LogP contribution in [0.25, 0.3) is 11.4 Å². The zero-order chi connectivity index (χ0) is 18.1. The number of esters is 1. The molecular formula is C21H17ClN2O2. The predicted molar refractivity (Wildman–Crippen MR) is 99.9 cm³/mol. The third-order valence-electron chi connectivity index (χ3n) is 4.85. The molecule has 0 unspecified atom stereocenters. The number of rotatable bonds is 4. The van der Waals surface area contributed by atoms with Crippen molar-refractivity contribution in [3.63, 3.8) is 0 Å². The molecule has 3 aromatic rings. The van der Waals surface area contributed by atoms with Gasteiger partial charge in [-0.2, -0.15) is 0 Å². The molecule has 5 heteroatoms. The summed E-state index contributed by atoms with van der Waals surface area (Å²) in [7, 11) is 1.45. The van der Waals surface area contributed by atoms with Crippen molar-refractivity contribution in [2.24, 2.45) is 5.92 Å². The Kier molecular flexibility index (Phi) is 4.43. The number of carbonyl (C=O) groups excluding carboxylic acids is 1. The number of hydrogen-bond acceptors (Lipinski definition) is 4. The van der Waals surface area contributed by atoms with E-state index in [1.165, 1.54) is 7.11 Å². The van der Waals surface area contributed by atoms with Gasteiger partial charge in [-0.15, -0.1) is 0 Å². The molecule has 0 radical (unpaired) electrons. The van der Waals surface area contributed by atoms with Crippen molar-refractivity contribution in [2.75, 3.05) is 7.11 Å². The van der Waals surface area contributed by atoms with Gasteiger partial charge in [-0.25, -0.2) is 9.97 Å². The molecule has 1 fully saturated rings. The summed E-state index contributed by atoms with van der Waals surface area (Å²) < 4.78 is 5.01. The molecule has 1 saturated carbocycles. The number of aromatic nitrogens is 2. The molecule has 2 aromatic carbocycles. The average molecular weight is 365 g/mol. The van der Waals surface area contributed by atoms with Crippen molar-refractivity contribution in [2.45, 2.75) is 11.8 Å². The summed E-state index contributed by atoms with van der Waals surface area (Å²) in [5.74, 6) is 0.612. The maximum absolute atomic E-state index is 12.2. The number of ether oxygens (including phenoxy) is 1. The van der Waals surface area contributed by atoms with E-state index in [2.05, 4.69) is 22.1 Å². The minimum atomic E-state index is -0.158. The Morgan fingerprint density at radius 1 is 0.923 bits per heavy atom. The smallest absolute Gasteiger partial charge is 0.309 e. The first-order valence-corrected chi connectivity index (χ1v) is 8.77. The summed E-state index contributed by atoms with van der Waals surface area (Å²) in [5.41, 5.74) is 3.20. The van der Waals surface area contributed by atoms with Crippen LogP contribution in [-0.4, -0.2) is 23.0 Å². The highest BCUT2D eigenvalue weighted by molar-refractivity contribution is 6.30. The molecule has 0 aliphatic heterocycles. The van der Waals surface area contributed by atoms with E-state index < -0.39 is 0 Å². The number of hydrogen-bond donors (Lipinski definition) is 0. The van der Waals surface area contributed by atoms with Crippen LogP contribution < -0.4 is 0 Å². The molecular weight excluding hydrogens is 348 g/mol. The van der Waals surface area contributed by atoms with Crippen molar-refractivity contribution in [1.29, 1.82) is 0 Å². The van der Waals surface area contributed by atoms with Crippen LogP contribution in [0.5, 0.6) is 0 Å². The molecule has 0 saturated heterocycles. The highest BCUT2D eigenvalue weighted by Crippen LogP contribution is 2.60. The summed E-state index contributed by atoms with van der Waals surface area (Å²) >= 11 is 5.84. The van der Waals surface area contributed by atoms with Gasteiger partial charge in [0.1, 0.15) is 0 Å². The van der Waals surface area contributed by atoms with Crippen LogP contribution in [0.15, 0.2) is 67.0 Å². The lowest BCUT2D eigenvalue weighted by atomic mass is 10.0. The zero-order valence-electron chi connectivity index (χ0n) is 14.2. The second-order valence-electron chi connectivity index (χ2n) is 6.36. The molecule has 1 aromatic heterocycles. The van der Waals surface area contributed by atoms with Crippen molar-refractivity contribution in [3.05, 3.63) is 83.1 Å². The molecule has 0 N–H and O–H groups in total. The van der Waals surface area contributed by atoms with Gasteiger partial charge in [-0.1, -0.05) is 66.2 Å². The molecule has 4 rings (SSSR count). The normalized spacial score (nSPS) is 21.2. The van der Waals surface area contributed by atoms with Gasteiger partial charge in [0.25, 0.3) is 0 Å². The van der Waals surface area contributed by atoms with Gasteiger partial charge in [-0.05, 0) is 11.1 Å². The Hall–Kier alpha value is -2.72. The summed E-state index contributed by atoms with van der Waals surface area (Å²) in [6.07, 6.45) is 3.16. The van der Waals surface area contributed by atoms with Crippen LogP contribution in [0.4, 0.5) is 0 Å². The van der Waals surface area contributed by atoms with Crippen molar-refractivity contribution in [3.8, 4) is 11.4 Å². The van der Waals surface area contributed by atoms with Gasteiger partial charge in [-0.3, -0.25) is 4.79 Å². The molecule has 4 nitrogen and oxygen atoms in total. The van der Waals surface area contributed by atoms with E-state index in [0.717, 1.165) is 16.7 Å². The molecule has 1 aliphatic carbocycles. The molecule has 1 aliphatic rings. The molecule has 1 heterocycles. The highest BCUT2D eigenvalue weighted by Gasteiger charge is 2.56. The van der Waals surface area contributed by atoms with E-state index in [0.29, 0.717) is 10.8 Å². The van der Waals surface area contributed by atoms with Gasteiger partial charge >= 0.3 is 5.97 Å². The first-order valence-electron chi connectivity index (χ1n) is 8.39. The predicted octanol–water partition coefficient (Wildman–Crippen LogP) is 4.47. The highest BCUT2D eigenvalue weighted by atomic mass is 35.5. The van der Waals surface area contributed by atoms with Crippen LogP contribution in [0.3, 0.4) is 0 Å². The standard InChI is InChI=1S/C21H17ClN2O2/c1-26-21(25)19-17(13-5-3-2-4-6-13)18(19)14-7-9-15(10-8-14)20-23-11-16(22)12-24-20/h2-12,17-19H,1H3/t17-,18-,19-/m1/s1. The minimum absolute atomic E-state index is 0.130. The van der Waals surface area contributed by atoms with Crippen LogP contribution in [0, 0.1) is 5.92 Å². The van der Waals surface area contributed by atoms with E-state index >= 15 is 0 Å². The first kappa shape index (κ1) is 16.7. The van der Waals surface area contributed by atoms with Crippen molar-refractivity contribution in [1.82, 2.24) is 9.97 Å².